The first-order chi connectivity index (χ1) is 12.6. The number of amides is 3. The van der Waals surface area contributed by atoms with Gasteiger partial charge in [0.1, 0.15) is 0 Å². The molecular weight excluding hydrogens is 330 g/mol. The first kappa shape index (κ1) is 17.1. The van der Waals surface area contributed by atoms with Gasteiger partial charge in [0.2, 0.25) is 11.8 Å². The van der Waals surface area contributed by atoms with Crippen molar-refractivity contribution in [3.63, 3.8) is 0 Å². The van der Waals surface area contributed by atoms with Gasteiger partial charge in [-0.25, -0.2) is 0 Å². The maximum atomic E-state index is 12.5. The maximum absolute atomic E-state index is 12.5. The summed E-state index contributed by atoms with van der Waals surface area (Å²) in [6, 6.07) is 8.07. The third-order valence-corrected chi connectivity index (χ3v) is 5.15. The van der Waals surface area contributed by atoms with Crippen LogP contribution in [-0.2, 0) is 16.1 Å². The maximum Gasteiger partial charge on any atom is 0.251 e. The highest BCUT2D eigenvalue weighted by Crippen LogP contribution is 2.30. The second kappa shape index (κ2) is 7.09. The monoisotopic (exact) mass is 355 g/mol. The Morgan fingerprint density at radius 2 is 1.65 bits per heavy atom. The average Bonchev–Trinajstić information content (AvgIpc) is 3.49. The molecule has 1 aromatic carbocycles. The summed E-state index contributed by atoms with van der Waals surface area (Å²) in [5, 5.41) is 5.73. The van der Waals surface area contributed by atoms with Crippen LogP contribution in [0.5, 0.6) is 0 Å². The summed E-state index contributed by atoms with van der Waals surface area (Å²) < 4.78 is 0. The van der Waals surface area contributed by atoms with Crippen molar-refractivity contribution in [2.75, 3.05) is 6.54 Å². The second-order valence-electron chi connectivity index (χ2n) is 7.69. The SMILES string of the molecule is O=C(NC1CC1)c1ccc(CN(C(=O)CNC(=O)C2CC2)C2CC2)cc1. The third kappa shape index (κ3) is 4.42. The Kier molecular flexibility index (Phi) is 4.66. The molecule has 0 atom stereocenters. The largest absolute Gasteiger partial charge is 0.349 e. The van der Waals surface area contributed by atoms with Crippen molar-refractivity contribution in [1.82, 2.24) is 15.5 Å². The summed E-state index contributed by atoms with van der Waals surface area (Å²) >= 11 is 0. The fourth-order valence-electron chi connectivity index (χ4n) is 3.02. The van der Waals surface area contributed by atoms with Crippen molar-refractivity contribution in [2.45, 2.75) is 57.2 Å². The highest BCUT2D eigenvalue weighted by atomic mass is 16.2. The first-order valence-corrected chi connectivity index (χ1v) is 9.57. The highest BCUT2D eigenvalue weighted by Gasteiger charge is 2.34. The summed E-state index contributed by atoms with van der Waals surface area (Å²) in [4.78, 5) is 38.2. The Hall–Kier alpha value is -2.37. The molecule has 3 saturated carbocycles. The van der Waals surface area contributed by atoms with E-state index < -0.39 is 0 Å². The normalized spacial score (nSPS) is 18.9. The summed E-state index contributed by atoms with van der Waals surface area (Å²) in [6.45, 7) is 0.598. The zero-order chi connectivity index (χ0) is 18.1. The van der Waals surface area contributed by atoms with E-state index >= 15 is 0 Å². The smallest absolute Gasteiger partial charge is 0.251 e. The predicted molar refractivity (Wildman–Crippen MR) is 96.2 cm³/mol. The molecule has 0 heterocycles. The van der Waals surface area contributed by atoms with Crippen LogP contribution in [0.15, 0.2) is 24.3 Å². The van der Waals surface area contributed by atoms with Gasteiger partial charge in [-0.1, -0.05) is 12.1 Å². The molecule has 4 rings (SSSR count). The van der Waals surface area contributed by atoms with E-state index in [9.17, 15) is 14.4 Å². The number of carbonyl (C=O) groups excluding carboxylic acids is 3. The minimum absolute atomic E-state index is 0.000116. The van der Waals surface area contributed by atoms with Crippen LogP contribution in [0.2, 0.25) is 0 Å². The van der Waals surface area contributed by atoms with Gasteiger partial charge in [-0.15, -0.1) is 0 Å². The molecule has 0 radical (unpaired) electrons. The van der Waals surface area contributed by atoms with E-state index in [0.717, 1.165) is 44.1 Å². The predicted octanol–water partition coefficient (Wildman–Crippen LogP) is 1.60. The van der Waals surface area contributed by atoms with Crippen LogP contribution in [-0.4, -0.2) is 41.2 Å². The van der Waals surface area contributed by atoms with E-state index in [-0.39, 0.29) is 36.2 Å². The molecule has 3 fully saturated rings. The first-order valence-electron chi connectivity index (χ1n) is 9.57. The van der Waals surface area contributed by atoms with Gasteiger partial charge in [0.25, 0.3) is 5.91 Å². The van der Waals surface area contributed by atoms with Crippen molar-refractivity contribution in [3.8, 4) is 0 Å². The van der Waals surface area contributed by atoms with Crippen molar-refractivity contribution < 1.29 is 14.4 Å². The zero-order valence-corrected chi connectivity index (χ0v) is 14.9. The molecular formula is C20H25N3O3. The van der Waals surface area contributed by atoms with Crippen molar-refractivity contribution in [3.05, 3.63) is 35.4 Å². The molecule has 2 N–H and O–H groups in total. The van der Waals surface area contributed by atoms with Crippen molar-refractivity contribution >= 4 is 17.7 Å². The van der Waals surface area contributed by atoms with E-state index in [0.29, 0.717) is 18.2 Å². The summed E-state index contributed by atoms with van der Waals surface area (Å²) in [6.07, 6.45) is 6.05. The fraction of sp³-hybridized carbons (Fsp3) is 0.550. The van der Waals surface area contributed by atoms with Crippen LogP contribution in [0.3, 0.4) is 0 Å². The van der Waals surface area contributed by atoms with E-state index in [1.807, 2.05) is 29.2 Å². The fourth-order valence-corrected chi connectivity index (χ4v) is 3.02. The quantitative estimate of drug-likeness (QED) is 0.743. The van der Waals surface area contributed by atoms with Crippen LogP contribution in [0.1, 0.15) is 54.4 Å². The number of hydrogen-bond acceptors (Lipinski definition) is 3. The van der Waals surface area contributed by atoms with Crippen LogP contribution >= 0.6 is 0 Å². The van der Waals surface area contributed by atoms with Gasteiger partial charge >= 0.3 is 0 Å². The van der Waals surface area contributed by atoms with E-state index in [2.05, 4.69) is 10.6 Å². The lowest BCUT2D eigenvalue weighted by atomic mass is 10.1. The van der Waals surface area contributed by atoms with E-state index in [1.54, 1.807) is 0 Å². The minimum atomic E-state index is -0.0306. The van der Waals surface area contributed by atoms with Gasteiger partial charge in [-0.3, -0.25) is 14.4 Å². The molecule has 0 spiro atoms. The number of carbonyl (C=O) groups is 3. The van der Waals surface area contributed by atoms with Gasteiger partial charge in [0.05, 0.1) is 6.54 Å². The summed E-state index contributed by atoms with van der Waals surface area (Å²) in [7, 11) is 0. The van der Waals surface area contributed by atoms with Gasteiger partial charge in [0.15, 0.2) is 0 Å². The molecule has 0 saturated heterocycles. The Bertz CT molecular complexity index is 704. The molecule has 3 amide bonds. The molecule has 0 bridgehead atoms. The number of hydrogen-bond donors (Lipinski definition) is 2. The molecule has 1 aromatic rings. The van der Waals surface area contributed by atoms with Crippen LogP contribution in [0.25, 0.3) is 0 Å². The van der Waals surface area contributed by atoms with Gasteiger partial charge < -0.3 is 15.5 Å². The lowest BCUT2D eigenvalue weighted by molar-refractivity contribution is -0.134. The molecule has 0 aromatic heterocycles. The standard InChI is InChI=1S/C20H25N3O3/c24-18(11-21-19(25)14-5-6-14)23(17-9-10-17)12-13-1-3-15(4-2-13)20(26)22-16-7-8-16/h1-4,14,16-17H,5-12H2,(H,21,25)(H,22,26). The van der Waals surface area contributed by atoms with Crippen LogP contribution < -0.4 is 10.6 Å². The average molecular weight is 355 g/mol. The Balaban J connectivity index is 1.32. The minimum Gasteiger partial charge on any atom is -0.349 e. The molecule has 138 valence electrons. The number of rotatable bonds is 8. The summed E-state index contributed by atoms with van der Waals surface area (Å²) in [5.74, 6) is 0.0562. The summed E-state index contributed by atoms with van der Waals surface area (Å²) in [5.41, 5.74) is 1.66. The second-order valence-corrected chi connectivity index (χ2v) is 7.69. The van der Waals surface area contributed by atoms with Crippen molar-refractivity contribution in [2.24, 2.45) is 5.92 Å². The highest BCUT2D eigenvalue weighted by molar-refractivity contribution is 5.94. The van der Waals surface area contributed by atoms with E-state index in [4.69, 9.17) is 0 Å². The third-order valence-electron chi connectivity index (χ3n) is 5.15. The van der Waals surface area contributed by atoms with Gasteiger partial charge in [-0.2, -0.15) is 0 Å². The van der Waals surface area contributed by atoms with E-state index in [1.165, 1.54) is 0 Å². The molecule has 3 aliphatic rings. The molecule has 6 heteroatoms. The topological polar surface area (TPSA) is 78.5 Å². The Labute approximate surface area is 153 Å². The van der Waals surface area contributed by atoms with Crippen LogP contribution in [0.4, 0.5) is 0 Å². The molecule has 0 aliphatic heterocycles. The lowest BCUT2D eigenvalue weighted by Gasteiger charge is -2.23. The van der Waals surface area contributed by atoms with Crippen molar-refractivity contribution in [1.29, 1.82) is 0 Å². The number of benzene rings is 1. The number of nitrogens with one attached hydrogen (secondary N) is 2. The molecule has 0 unspecified atom stereocenters. The van der Waals surface area contributed by atoms with Crippen LogP contribution in [0, 0.1) is 5.92 Å². The van der Waals surface area contributed by atoms with Gasteiger partial charge in [-0.05, 0) is 56.2 Å². The Morgan fingerprint density at radius 1 is 0.962 bits per heavy atom. The molecule has 6 nitrogen and oxygen atoms in total. The molecule has 26 heavy (non-hydrogen) atoms. The number of nitrogens with zero attached hydrogens (tertiary/aromatic N) is 1. The Morgan fingerprint density at radius 3 is 2.23 bits per heavy atom. The lowest BCUT2D eigenvalue weighted by Crippen LogP contribution is -2.41. The zero-order valence-electron chi connectivity index (χ0n) is 14.9. The van der Waals surface area contributed by atoms with Gasteiger partial charge in [0, 0.05) is 30.1 Å². The molecule has 3 aliphatic carbocycles.